The summed E-state index contributed by atoms with van der Waals surface area (Å²) < 4.78 is 0. The smallest absolute Gasteiger partial charge is 0.151 e. The van der Waals surface area contributed by atoms with Crippen LogP contribution in [-0.2, 0) is 17.9 Å². The lowest BCUT2D eigenvalue weighted by molar-refractivity contribution is 0.0138. The number of rotatable bonds is 10. The lowest BCUT2D eigenvalue weighted by Gasteiger charge is -2.18. The third kappa shape index (κ3) is 5.80. The molecular formula is C25H27ClN6O2. The molecule has 0 saturated carbocycles. The van der Waals surface area contributed by atoms with Gasteiger partial charge in [-0.15, -0.1) is 0 Å². The first kappa shape index (κ1) is 23.9. The Bertz CT molecular complexity index is 1270. The van der Waals surface area contributed by atoms with E-state index >= 15 is 0 Å². The summed E-state index contributed by atoms with van der Waals surface area (Å²) in [5, 5.41) is 15.4. The van der Waals surface area contributed by atoms with Crippen LogP contribution in [0.5, 0.6) is 0 Å². The first-order chi connectivity index (χ1) is 16.5. The largest absolute Gasteiger partial charge is 0.394 e. The van der Waals surface area contributed by atoms with Crippen LogP contribution >= 0.6 is 11.6 Å². The van der Waals surface area contributed by atoms with Gasteiger partial charge in [0, 0.05) is 42.3 Å². The van der Waals surface area contributed by atoms with Gasteiger partial charge in [0.15, 0.2) is 5.82 Å². The first-order valence-electron chi connectivity index (χ1n) is 10.9. The monoisotopic (exact) mass is 478 g/mol. The summed E-state index contributed by atoms with van der Waals surface area (Å²) in [6.45, 7) is 1.18. The van der Waals surface area contributed by atoms with Crippen molar-refractivity contribution in [2.75, 3.05) is 30.6 Å². The molecule has 0 aliphatic carbocycles. The van der Waals surface area contributed by atoms with Crippen molar-refractivity contribution in [3.63, 3.8) is 0 Å². The van der Waals surface area contributed by atoms with Crippen molar-refractivity contribution in [3.8, 4) is 11.3 Å². The number of pyridine rings is 2. The Morgan fingerprint density at radius 3 is 2.76 bits per heavy atom. The maximum absolute atomic E-state index is 8.79. The molecular weight excluding hydrogens is 452 g/mol. The molecule has 0 unspecified atom stereocenters. The van der Waals surface area contributed by atoms with E-state index in [1.807, 2.05) is 48.5 Å². The van der Waals surface area contributed by atoms with E-state index in [0.717, 1.165) is 39.0 Å². The fourth-order valence-electron chi connectivity index (χ4n) is 3.54. The van der Waals surface area contributed by atoms with E-state index in [9.17, 15) is 0 Å². The molecule has 5 N–H and O–H groups in total. The number of fused-ring (bicyclic) bond motifs is 1. The number of aromatic nitrogens is 2. The number of hydrogen-bond donors (Lipinski definition) is 4. The van der Waals surface area contributed by atoms with Gasteiger partial charge in [0.05, 0.1) is 30.1 Å². The van der Waals surface area contributed by atoms with Crippen LogP contribution in [0, 0.1) is 0 Å². The zero-order valence-electron chi connectivity index (χ0n) is 18.8. The summed E-state index contributed by atoms with van der Waals surface area (Å²) in [7, 11) is 1.78. The van der Waals surface area contributed by atoms with E-state index in [2.05, 4.69) is 27.9 Å². The Labute approximate surface area is 203 Å². The van der Waals surface area contributed by atoms with Crippen LogP contribution in [0.15, 0.2) is 66.9 Å². The summed E-state index contributed by atoms with van der Waals surface area (Å²) in [6, 6.07) is 19.8. The topological polar surface area (TPSA) is 109 Å². The second-order valence-corrected chi connectivity index (χ2v) is 8.17. The van der Waals surface area contributed by atoms with Gasteiger partial charge >= 0.3 is 0 Å². The third-order valence-corrected chi connectivity index (χ3v) is 5.64. The van der Waals surface area contributed by atoms with Crippen molar-refractivity contribution in [2.24, 2.45) is 5.84 Å². The highest BCUT2D eigenvalue weighted by Crippen LogP contribution is 2.29. The van der Waals surface area contributed by atoms with Crippen molar-refractivity contribution in [2.45, 2.75) is 13.1 Å². The molecule has 176 valence electrons. The molecule has 2 heterocycles. The van der Waals surface area contributed by atoms with E-state index in [1.54, 1.807) is 13.2 Å². The Morgan fingerprint density at radius 2 is 1.97 bits per heavy atom. The fraction of sp³-hybridized carbons (Fsp3) is 0.200. The van der Waals surface area contributed by atoms with Crippen molar-refractivity contribution in [1.29, 1.82) is 0 Å². The van der Waals surface area contributed by atoms with Crippen molar-refractivity contribution in [1.82, 2.24) is 15.4 Å². The van der Waals surface area contributed by atoms with Crippen LogP contribution in [0.2, 0.25) is 5.02 Å². The summed E-state index contributed by atoms with van der Waals surface area (Å²) in [5.41, 5.74) is 8.17. The molecule has 0 aliphatic heterocycles. The van der Waals surface area contributed by atoms with E-state index in [1.165, 1.54) is 5.01 Å². The predicted octanol–water partition coefficient (Wildman–Crippen LogP) is 3.89. The molecule has 0 bridgehead atoms. The third-order valence-electron chi connectivity index (χ3n) is 5.29. The first-order valence-corrected chi connectivity index (χ1v) is 11.2. The molecule has 0 amide bonds. The molecule has 0 saturated heterocycles. The molecule has 0 aliphatic rings. The van der Waals surface area contributed by atoms with Gasteiger partial charge in [0.2, 0.25) is 0 Å². The molecule has 0 spiro atoms. The molecule has 9 heteroatoms. The Morgan fingerprint density at radius 1 is 1.09 bits per heavy atom. The fourth-order valence-corrected chi connectivity index (χ4v) is 3.79. The maximum Gasteiger partial charge on any atom is 0.151 e. The molecule has 2 aromatic carbocycles. The summed E-state index contributed by atoms with van der Waals surface area (Å²) in [4.78, 5) is 14.3. The van der Waals surface area contributed by atoms with Crippen LogP contribution < -0.4 is 21.6 Å². The van der Waals surface area contributed by atoms with Crippen molar-refractivity contribution >= 4 is 34.0 Å². The molecule has 8 nitrogen and oxygen atoms in total. The number of hydroxylamine groups is 1. The second kappa shape index (κ2) is 11.2. The minimum atomic E-state index is -0.0479. The van der Waals surface area contributed by atoms with Gasteiger partial charge in [-0.2, -0.15) is 5.48 Å². The van der Waals surface area contributed by atoms with Gasteiger partial charge in [0.1, 0.15) is 0 Å². The van der Waals surface area contributed by atoms with Crippen molar-refractivity contribution < 1.29 is 9.94 Å². The lowest BCUT2D eigenvalue weighted by atomic mass is 10.1. The number of benzene rings is 2. The minimum Gasteiger partial charge on any atom is -0.394 e. The van der Waals surface area contributed by atoms with Crippen LogP contribution in [0.4, 0.5) is 11.5 Å². The molecule has 4 aromatic rings. The molecule has 0 fully saturated rings. The number of nitrogens with zero attached hydrogens (tertiary/aromatic N) is 3. The molecule has 34 heavy (non-hydrogen) atoms. The minimum absolute atomic E-state index is 0.0479. The standard InChI is InChI=1S/C25H27ClN6O2/c1-32(27)24-9-8-23(19-5-6-20(21(26)14-19)16-30-34-12-11-33)31-25(24)29-15-17-4-7-22-18(13-17)3-2-10-28-22/h2-10,13-14,30,33H,11-12,15-16,27H2,1H3,(H,29,31). The summed E-state index contributed by atoms with van der Waals surface area (Å²) >= 11 is 6.48. The van der Waals surface area contributed by atoms with E-state index < -0.39 is 0 Å². The predicted molar refractivity (Wildman–Crippen MR) is 136 cm³/mol. The SMILES string of the molecule is CN(N)c1ccc(-c2ccc(CNOCCO)c(Cl)c2)nc1NCc1ccc2ncccc2c1. The van der Waals surface area contributed by atoms with E-state index in [4.69, 9.17) is 32.4 Å². The number of halogens is 1. The maximum atomic E-state index is 8.79. The highest BCUT2D eigenvalue weighted by atomic mass is 35.5. The number of hydrazine groups is 1. The van der Waals surface area contributed by atoms with Gasteiger partial charge in [-0.1, -0.05) is 35.9 Å². The van der Waals surface area contributed by atoms with Gasteiger partial charge in [-0.05, 0) is 47.5 Å². The van der Waals surface area contributed by atoms with Crippen LogP contribution in [0.1, 0.15) is 11.1 Å². The van der Waals surface area contributed by atoms with Crippen LogP contribution in [-0.4, -0.2) is 35.3 Å². The molecule has 0 radical (unpaired) electrons. The van der Waals surface area contributed by atoms with Crippen LogP contribution in [0.3, 0.4) is 0 Å². The highest BCUT2D eigenvalue weighted by Gasteiger charge is 2.11. The van der Waals surface area contributed by atoms with Crippen LogP contribution in [0.25, 0.3) is 22.2 Å². The second-order valence-electron chi connectivity index (χ2n) is 7.76. The zero-order valence-corrected chi connectivity index (χ0v) is 19.6. The number of nitrogens with one attached hydrogen (secondary N) is 2. The average molecular weight is 479 g/mol. The number of nitrogens with two attached hydrogens (primary N) is 1. The van der Waals surface area contributed by atoms with Crippen molar-refractivity contribution in [3.05, 3.63) is 83.0 Å². The van der Waals surface area contributed by atoms with Gasteiger partial charge in [0.25, 0.3) is 0 Å². The quantitative estimate of drug-likeness (QED) is 0.154. The zero-order chi connectivity index (χ0) is 23.9. The van der Waals surface area contributed by atoms with Gasteiger partial charge in [-0.3, -0.25) is 9.82 Å². The van der Waals surface area contributed by atoms with Gasteiger partial charge in [-0.25, -0.2) is 10.8 Å². The Balaban J connectivity index is 1.53. The summed E-state index contributed by atoms with van der Waals surface area (Å²) in [6.07, 6.45) is 1.79. The highest BCUT2D eigenvalue weighted by molar-refractivity contribution is 6.31. The Hall–Kier alpha value is -3.27. The lowest BCUT2D eigenvalue weighted by Crippen LogP contribution is -2.26. The summed E-state index contributed by atoms with van der Waals surface area (Å²) in [5.74, 6) is 6.72. The number of aliphatic hydroxyl groups excluding tert-OH is 1. The normalized spacial score (nSPS) is 11.1. The molecule has 4 rings (SSSR count). The molecule has 0 atom stereocenters. The number of hydrogen-bond acceptors (Lipinski definition) is 8. The average Bonchev–Trinajstić information content (AvgIpc) is 2.85. The Kier molecular flexibility index (Phi) is 7.89. The van der Waals surface area contributed by atoms with E-state index in [0.29, 0.717) is 23.9 Å². The number of aliphatic hydroxyl groups is 1. The van der Waals surface area contributed by atoms with Gasteiger partial charge < -0.3 is 15.4 Å². The van der Waals surface area contributed by atoms with E-state index in [-0.39, 0.29) is 13.2 Å². The molecule has 2 aromatic heterocycles. The number of anilines is 2.